The zero-order chi connectivity index (χ0) is 15.2. The minimum absolute atomic E-state index is 0.202. The third kappa shape index (κ3) is 5.58. The van der Waals surface area contributed by atoms with E-state index in [9.17, 15) is 9.59 Å². The molecule has 0 aromatic carbocycles. The lowest BCUT2D eigenvalue weighted by molar-refractivity contribution is -0.172. The molecule has 1 fully saturated rings. The highest BCUT2D eigenvalue weighted by Crippen LogP contribution is 2.34. The number of ether oxygens (including phenoxy) is 2. The van der Waals surface area contributed by atoms with Crippen LogP contribution in [0.2, 0.25) is 0 Å². The van der Waals surface area contributed by atoms with E-state index in [1.54, 1.807) is 0 Å². The van der Waals surface area contributed by atoms with E-state index in [-0.39, 0.29) is 16.5 Å². The second-order valence-electron chi connectivity index (χ2n) is 5.90. The van der Waals surface area contributed by atoms with Crippen LogP contribution in [0.3, 0.4) is 0 Å². The molecule has 0 spiro atoms. The fourth-order valence-electron chi connectivity index (χ4n) is 2.59. The molecule has 0 radical (unpaired) electrons. The van der Waals surface area contributed by atoms with Crippen molar-refractivity contribution in [2.75, 3.05) is 6.61 Å². The van der Waals surface area contributed by atoms with Crippen molar-refractivity contribution in [1.82, 2.24) is 0 Å². The van der Waals surface area contributed by atoms with Gasteiger partial charge in [-0.05, 0) is 39.0 Å². The van der Waals surface area contributed by atoms with E-state index < -0.39 is 11.6 Å². The SMILES string of the molecule is CCC(I)C(=O)OCC(=O)OC(C)(C)C1CCCCC1. The van der Waals surface area contributed by atoms with Crippen LogP contribution in [0.1, 0.15) is 59.3 Å². The minimum atomic E-state index is -0.474. The van der Waals surface area contributed by atoms with Crippen LogP contribution in [0.4, 0.5) is 0 Å². The molecule has 0 bridgehead atoms. The zero-order valence-corrected chi connectivity index (χ0v) is 14.8. The van der Waals surface area contributed by atoms with Gasteiger partial charge in [0.25, 0.3) is 0 Å². The van der Waals surface area contributed by atoms with Crippen molar-refractivity contribution in [3.05, 3.63) is 0 Å². The largest absolute Gasteiger partial charge is 0.457 e. The Kier molecular flexibility index (Phi) is 7.26. The third-order valence-electron chi connectivity index (χ3n) is 3.91. The summed E-state index contributed by atoms with van der Waals surface area (Å²) in [6.07, 6.45) is 6.58. The van der Waals surface area contributed by atoms with E-state index in [2.05, 4.69) is 0 Å². The van der Waals surface area contributed by atoms with Gasteiger partial charge in [0.05, 0.1) is 0 Å². The Morgan fingerprint density at radius 1 is 1.25 bits per heavy atom. The summed E-state index contributed by atoms with van der Waals surface area (Å²) in [6.45, 7) is 5.53. The average molecular weight is 396 g/mol. The van der Waals surface area contributed by atoms with Gasteiger partial charge in [-0.15, -0.1) is 0 Å². The first-order chi connectivity index (χ1) is 9.36. The van der Waals surface area contributed by atoms with Gasteiger partial charge in [0.2, 0.25) is 0 Å². The van der Waals surface area contributed by atoms with Crippen molar-refractivity contribution in [3.63, 3.8) is 0 Å². The van der Waals surface area contributed by atoms with E-state index >= 15 is 0 Å². The van der Waals surface area contributed by atoms with Gasteiger partial charge in [-0.2, -0.15) is 0 Å². The van der Waals surface area contributed by atoms with Crippen LogP contribution in [0.5, 0.6) is 0 Å². The van der Waals surface area contributed by atoms with Crippen LogP contribution in [0, 0.1) is 5.92 Å². The van der Waals surface area contributed by atoms with Crippen molar-refractivity contribution < 1.29 is 19.1 Å². The number of carbonyl (C=O) groups is 2. The van der Waals surface area contributed by atoms with E-state index in [1.807, 2.05) is 43.4 Å². The number of hydrogen-bond acceptors (Lipinski definition) is 4. The number of carbonyl (C=O) groups excluding carboxylic acids is 2. The maximum Gasteiger partial charge on any atom is 0.344 e. The van der Waals surface area contributed by atoms with Crippen LogP contribution < -0.4 is 0 Å². The van der Waals surface area contributed by atoms with E-state index in [1.165, 1.54) is 19.3 Å². The predicted octanol–water partition coefficient (Wildman–Crippen LogP) is 3.65. The number of hydrogen-bond donors (Lipinski definition) is 0. The van der Waals surface area contributed by atoms with Crippen LogP contribution >= 0.6 is 22.6 Å². The first-order valence-electron chi connectivity index (χ1n) is 7.39. The molecule has 0 saturated heterocycles. The minimum Gasteiger partial charge on any atom is -0.457 e. The van der Waals surface area contributed by atoms with Gasteiger partial charge in [-0.3, -0.25) is 4.79 Å². The lowest BCUT2D eigenvalue weighted by Gasteiger charge is -2.36. The summed E-state index contributed by atoms with van der Waals surface area (Å²) >= 11 is 2.02. The Morgan fingerprint density at radius 2 is 1.85 bits per heavy atom. The maximum absolute atomic E-state index is 11.8. The summed E-state index contributed by atoms with van der Waals surface area (Å²) in [5, 5.41) is 0. The molecule has 5 heteroatoms. The van der Waals surface area contributed by atoms with Gasteiger partial charge in [0, 0.05) is 0 Å². The number of alkyl halides is 1. The fourth-order valence-corrected chi connectivity index (χ4v) is 2.77. The monoisotopic (exact) mass is 396 g/mol. The summed E-state index contributed by atoms with van der Waals surface area (Å²) in [4.78, 5) is 23.3. The van der Waals surface area contributed by atoms with Gasteiger partial charge in [0.15, 0.2) is 6.61 Å². The highest BCUT2D eigenvalue weighted by Gasteiger charge is 2.34. The van der Waals surface area contributed by atoms with E-state index in [4.69, 9.17) is 9.47 Å². The quantitative estimate of drug-likeness (QED) is 0.391. The first-order valence-corrected chi connectivity index (χ1v) is 8.64. The lowest BCUT2D eigenvalue weighted by atomic mass is 9.79. The van der Waals surface area contributed by atoms with Crippen LogP contribution in [0.25, 0.3) is 0 Å². The second-order valence-corrected chi connectivity index (χ2v) is 7.40. The number of halogens is 1. The predicted molar refractivity (Wildman–Crippen MR) is 85.8 cm³/mol. The third-order valence-corrected chi connectivity index (χ3v) is 5.30. The molecule has 116 valence electrons. The topological polar surface area (TPSA) is 52.6 Å². The van der Waals surface area contributed by atoms with Crippen molar-refractivity contribution in [3.8, 4) is 0 Å². The molecule has 20 heavy (non-hydrogen) atoms. The molecule has 0 aliphatic heterocycles. The summed E-state index contributed by atoms with van der Waals surface area (Å²) in [6, 6.07) is 0. The Balaban J connectivity index is 2.38. The summed E-state index contributed by atoms with van der Waals surface area (Å²) < 4.78 is 10.3. The summed E-state index contributed by atoms with van der Waals surface area (Å²) in [7, 11) is 0. The molecule has 1 aliphatic rings. The fraction of sp³-hybridized carbons (Fsp3) is 0.867. The van der Waals surface area contributed by atoms with E-state index in [0.29, 0.717) is 12.3 Å². The first kappa shape index (κ1) is 17.7. The highest BCUT2D eigenvalue weighted by molar-refractivity contribution is 14.1. The normalized spacial score (nSPS) is 18.4. The summed E-state index contributed by atoms with van der Waals surface area (Å²) in [5.41, 5.74) is -0.474. The van der Waals surface area contributed by atoms with Gasteiger partial charge in [-0.25, -0.2) is 4.79 Å². The molecule has 4 nitrogen and oxygen atoms in total. The zero-order valence-electron chi connectivity index (χ0n) is 12.6. The molecular formula is C15H25IO4. The molecule has 0 aromatic heterocycles. The van der Waals surface area contributed by atoms with Crippen molar-refractivity contribution in [2.24, 2.45) is 5.92 Å². The van der Waals surface area contributed by atoms with Crippen LogP contribution in [-0.4, -0.2) is 28.1 Å². The smallest absolute Gasteiger partial charge is 0.344 e. The van der Waals surface area contributed by atoms with Gasteiger partial charge < -0.3 is 9.47 Å². The molecule has 1 atom stereocenters. The number of rotatable bonds is 6. The Labute approximate surface area is 135 Å². The van der Waals surface area contributed by atoms with E-state index in [0.717, 1.165) is 12.8 Å². The average Bonchev–Trinajstić information content (AvgIpc) is 2.44. The van der Waals surface area contributed by atoms with Gasteiger partial charge in [-0.1, -0.05) is 48.8 Å². The highest BCUT2D eigenvalue weighted by atomic mass is 127. The van der Waals surface area contributed by atoms with Crippen LogP contribution in [0.15, 0.2) is 0 Å². The second kappa shape index (κ2) is 8.20. The number of esters is 2. The molecule has 0 amide bonds. The van der Waals surface area contributed by atoms with Crippen molar-refractivity contribution >= 4 is 34.5 Å². The molecule has 0 heterocycles. The Hall–Kier alpha value is -0.330. The van der Waals surface area contributed by atoms with Gasteiger partial charge >= 0.3 is 11.9 Å². The molecule has 0 aromatic rings. The molecule has 1 rings (SSSR count). The molecule has 1 saturated carbocycles. The van der Waals surface area contributed by atoms with Crippen LogP contribution in [-0.2, 0) is 19.1 Å². The molecule has 0 N–H and O–H groups in total. The Morgan fingerprint density at radius 3 is 2.40 bits per heavy atom. The summed E-state index contributed by atoms with van der Waals surface area (Å²) in [5.74, 6) is -0.391. The van der Waals surface area contributed by atoms with Crippen molar-refractivity contribution in [2.45, 2.75) is 68.8 Å². The van der Waals surface area contributed by atoms with Gasteiger partial charge in [0.1, 0.15) is 9.53 Å². The maximum atomic E-state index is 11.8. The molecular weight excluding hydrogens is 371 g/mol. The molecule has 1 aliphatic carbocycles. The lowest BCUT2D eigenvalue weighted by Crippen LogP contribution is -2.39. The molecule has 1 unspecified atom stereocenters. The van der Waals surface area contributed by atoms with Crippen molar-refractivity contribution in [1.29, 1.82) is 0 Å². The Bertz CT molecular complexity index is 335. The standard InChI is InChI=1S/C15H25IO4/c1-4-12(16)14(18)19-10-13(17)20-15(2,3)11-8-6-5-7-9-11/h11-12H,4-10H2,1-3H3.